The Morgan fingerprint density at radius 1 is 1.58 bits per heavy atom. The normalized spacial score (nSPS) is 9.83. The Morgan fingerprint density at radius 2 is 2.25 bits per heavy atom. The fourth-order valence-electron chi connectivity index (χ4n) is 0.727. The number of carboxylic acids is 1. The van der Waals surface area contributed by atoms with Gasteiger partial charge in [-0.05, 0) is 37.9 Å². The second-order valence-electron chi connectivity index (χ2n) is 2.12. The first-order valence-electron chi connectivity index (χ1n) is 3.12. The van der Waals surface area contributed by atoms with Crippen LogP contribution in [-0.2, 0) is 11.2 Å². The molecule has 0 bridgehead atoms. The number of aliphatic carboxylic acids is 1. The minimum absolute atomic E-state index is 0.0694. The molecule has 0 atom stereocenters. The molecule has 0 aliphatic rings. The predicted molar refractivity (Wildman–Crippen MR) is 51.0 cm³/mol. The molecule has 0 spiro atoms. The Kier molecular flexibility index (Phi) is 3.22. The highest BCUT2D eigenvalue weighted by molar-refractivity contribution is 9.13. The van der Waals surface area contributed by atoms with Crippen LogP contribution >= 0.6 is 31.9 Å². The number of hydrogen-bond donors (Lipinski definition) is 1. The van der Waals surface area contributed by atoms with Crippen LogP contribution in [0.3, 0.4) is 0 Å². The molecule has 1 aromatic heterocycles. The summed E-state index contributed by atoms with van der Waals surface area (Å²) in [6, 6.07) is 1.75. The molecule has 0 aliphatic heterocycles. The number of aromatic nitrogens is 1. The van der Waals surface area contributed by atoms with Gasteiger partial charge in [0.25, 0.3) is 0 Å². The number of hydrogen-bond acceptors (Lipinski definition) is 2. The van der Waals surface area contributed by atoms with E-state index in [0.717, 1.165) is 4.47 Å². The van der Waals surface area contributed by atoms with E-state index in [0.29, 0.717) is 10.2 Å². The quantitative estimate of drug-likeness (QED) is 0.910. The molecular formula is C7H5Br2NO2. The van der Waals surface area contributed by atoms with E-state index in [9.17, 15) is 4.79 Å². The SMILES string of the molecule is O=C(O)Cc1nccc(Br)c1Br. The van der Waals surface area contributed by atoms with Gasteiger partial charge < -0.3 is 5.11 Å². The first-order valence-corrected chi connectivity index (χ1v) is 4.70. The van der Waals surface area contributed by atoms with Gasteiger partial charge in [-0.2, -0.15) is 0 Å². The van der Waals surface area contributed by atoms with E-state index < -0.39 is 5.97 Å². The number of rotatable bonds is 2. The van der Waals surface area contributed by atoms with Gasteiger partial charge in [-0.25, -0.2) is 0 Å². The monoisotopic (exact) mass is 293 g/mol. The van der Waals surface area contributed by atoms with Crippen molar-refractivity contribution >= 4 is 37.8 Å². The van der Waals surface area contributed by atoms with E-state index in [1.165, 1.54) is 0 Å². The van der Waals surface area contributed by atoms with Gasteiger partial charge in [0.1, 0.15) is 0 Å². The number of pyridine rings is 1. The van der Waals surface area contributed by atoms with Crippen molar-refractivity contribution in [2.24, 2.45) is 0 Å². The summed E-state index contributed by atoms with van der Waals surface area (Å²) in [6.45, 7) is 0. The van der Waals surface area contributed by atoms with Crippen molar-refractivity contribution in [2.45, 2.75) is 6.42 Å². The van der Waals surface area contributed by atoms with Gasteiger partial charge >= 0.3 is 5.97 Å². The zero-order valence-electron chi connectivity index (χ0n) is 5.92. The van der Waals surface area contributed by atoms with Gasteiger partial charge in [0, 0.05) is 10.7 Å². The molecule has 1 rings (SSSR count). The molecule has 0 aliphatic carbocycles. The molecule has 0 fully saturated rings. The maximum Gasteiger partial charge on any atom is 0.309 e. The van der Waals surface area contributed by atoms with Crippen LogP contribution in [0.5, 0.6) is 0 Å². The second-order valence-corrected chi connectivity index (χ2v) is 3.77. The van der Waals surface area contributed by atoms with E-state index in [1.807, 2.05) is 0 Å². The Morgan fingerprint density at radius 3 is 2.83 bits per heavy atom. The van der Waals surface area contributed by atoms with Crippen LogP contribution in [0.15, 0.2) is 21.2 Å². The van der Waals surface area contributed by atoms with Crippen molar-refractivity contribution in [3.05, 3.63) is 26.9 Å². The van der Waals surface area contributed by atoms with Crippen LogP contribution in [0.1, 0.15) is 5.69 Å². The third-order valence-electron chi connectivity index (χ3n) is 1.23. The van der Waals surface area contributed by atoms with Crippen LogP contribution in [-0.4, -0.2) is 16.1 Å². The highest BCUT2D eigenvalue weighted by Crippen LogP contribution is 2.24. The van der Waals surface area contributed by atoms with E-state index in [1.54, 1.807) is 12.3 Å². The van der Waals surface area contributed by atoms with Crippen LogP contribution in [0.2, 0.25) is 0 Å². The summed E-state index contributed by atoms with van der Waals surface area (Å²) in [4.78, 5) is 14.3. The van der Waals surface area contributed by atoms with Gasteiger partial charge in [-0.15, -0.1) is 0 Å². The molecule has 1 aromatic rings. The lowest BCUT2D eigenvalue weighted by Crippen LogP contribution is -2.03. The summed E-state index contributed by atoms with van der Waals surface area (Å²) in [5.41, 5.74) is 0.525. The van der Waals surface area contributed by atoms with Gasteiger partial charge in [0.05, 0.1) is 16.6 Å². The van der Waals surface area contributed by atoms with Crippen molar-refractivity contribution in [1.82, 2.24) is 4.98 Å². The third-order valence-corrected chi connectivity index (χ3v) is 3.31. The summed E-state index contributed by atoms with van der Waals surface area (Å²) in [5.74, 6) is -0.888. The van der Waals surface area contributed by atoms with Gasteiger partial charge in [0.2, 0.25) is 0 Å². The largest absolute Gasteiger partial charge is 0.481 e. The van der Waals surface area contributed by atoms with E-state index in [4.69, 9.17) is 5.11 Å². The predicted octanol–water partition coefficient (Wildman–Crippen LogP) is 2.23. The molecule has 0 unspecified atom stereocenters. The lowest BCUT2D eigenvalue weighted by molar-refractivity contribution is -0.136. The molecule has 3 nitrogen and oxygen atoms in total. The van der Waals surface area contributed by atoms with Crippen molar-refractivity contribution in [1.29, 1.82) is 0 Å². The van der Waals surface area contributed by atoms with Crippen molar-refractivity contribution in [3.63, 3.8) is 0 Å². The topological polar surface area (TPSA) is 50.2 Å². The Balaban J connectivity index is 3.00. The van der Waals surface area contributed by atoms with Crippen LogP contribution in [0.25, 0.3) is 0 Å². The van der Waals surface area contributed by atoms with Crippen molar-refractivity contribution in [3.8, 4) is 0 Å². The van der Waals surface area contributed by atoms with E-state index in [-0.39, 0.29) is 6.42 Å². The van der Waals surface area contributed by atoms with Crippen molar-refractivity contribution < 1.29 is 9.90 Å². The molecule has 0 saturated carbocycles. The van der Waals surface area contributed by atoms with Gasteiger partial charge in [0.15, 0.2) is 0 Å². The summed E-state index contributed by atoms with van der Waals surface area (Å²) in [6.07, 6.45) is 1.49. The first kappa shape index (κ1) is 9.67. The lowest BCUT2D eigenvalue weighted by atomic mass is 10.3. The third kappa shape index (κ3) is 2.28. The smallest absolute Gasteiger partial charge is 0.309 e. The zero-order chi connectivity index (χ0) is 9.14. The summed E-state index contributed by atoms with van der Waals surface area (Å²) in [5, 5.41) is 8.51. The number of halogens is 2. The van der Waals surface area contributed by atoms with Gasteiger partial charge in [-0.1, -0.05) is 0 Å². The first-order chi connectivity index (χ1) is 5.61. The number of carbonyl (C=O) groups is 1. The molecule has 0 radical (unpaired) electrons. The highest BCUT2D eigenvalue weighted by atomic mass is 79.9. The molecule has 5 heteroatoms. The summed E-state index contributed by atoms with van der Waals surface area (Å²) >= 11 is 6.49. The minimum Gasteiger partial charge on any atom is -0.481 e. The molecular weight excluding hydrogens is 290 g/mol. The average molecular weight is 295 g/mol. The summed E-state index contributed by atoms with van der Waals surface area (Å²) in [7, 11) is 0. The average Bonchev–Trinajstić information content (AvgIpc) is 1.98. The molecule has 1 heterocycles. The molecule has 0 saturated heterocycles. The molecule has 1 N–H and O–H groups in total. The fraction of sp³-hybridized carbons (Fsp3) is 0.143. The van der Waals surface area contributed by atoms with Crippen LogP contribution in [0.4, 0.5) is 0 Å². The standard InChI is InChI=1S/C7H5Br2NO2/c8-4-1-2-10-5(7(4)9)3-6(11)12/h1-2H,3H2,(H,11,12). The van der Waals surface area contributed by atoms with Gasteiger partial charge in [-0.3, -0.25) is 9.78 Å². The van der Waals surface area contributed by atoms with Crippen molar-refractivity contribution in [2.75, 3.05) is 0 Å². The maximum atomic E-state index is 10.4. The minimum atomic E-state index is -0.888. The maximum absolute atomic E-state index is 10.4. The van der Waals surface area contributed by atoms with E-state index >= 15 is 0 Å². The Hall–Kier alpha value is -0.420. The van der Waals surface area contributed by atoms with Crippen LogP contribution < -0.4 is 0 Å². The highest BCUT2D eigenvalue weighted by Gasteiger charge is 2.08. The number of nitrogens with zero attached hydrogens (tertiary/aromatic N) is 1. The Bertz CT molecular complexity index is 314. The zero-order valence-corrected chi connectivity index (χ0v) is 9.09. The van der Waals surface area contributed by atoms with E-state index in [2.05, 4.69) is 36.8 Å². The van der Waals surface area contributed by atoms with Crippen LogP contribution in [0, 0.1) is 0 Å². The fourth-order valence-corrected chi connectivity index (χ4v) is 1.45. The molecule has 0 aromatic carbocycles. The number of carboxylic acid groups (broad SMARTS) is 1. The Labute approximate surface area is 86.1 Å². The molecule has 12 heavy (non-hydrogen) atoms. The summed E-state index contributed by atoms with van der Waals surface area (Å²) < 4.78 is 1.51. The molecule has 0 amide bonds. The second kappa shape index (κ2) is 4.00. The molecule has 64 valence electrons. The lowest BCUT2D eigenvalue weighted by Gasteiger charge is -2.00.